The predicted molar refractivity (Wildman–Crippen MR) is 62.8 cm³/mol. The van der Waals surface area contributed by atoms with E-state index < -0.39 is 32.3 Å². The van der Waals surface area contributed by atoms with E-state index in [2.05, 4.69) is 9.72 Å². The number of carbonyl (C=O) groups excluding carboxylic acids is 1. The highest BCUT2D eigenvalue weighted by Gasteiger charge is 2.42. The van der Waals surface area contributed by atoms with Crippen molar-refractivity contribution in [2.75, 3.05) is 0 Å². The van der Waals surface area contributed by atoms with Crippen molar-refractivity contribution in [3.8, 4) is 0 Å². The number of alkyl halides is 3. The number of hydrogen-bond donors (Lipinski definition) is 0. The van der Waals surface area contributed by atoms with E-state index in [1.807, 2.05) is 0 Å². The molecule has 20 heavy (non-hydrogen) atoms. The Balaban J connectivity index is 3.10. The molecule has 0 N–H and O–H groups in total. The van der Waals surface area contributed by atoms with Crippen LogP contribution in [0.1, 0.15) is 18.7 Å². The first kappa shape index (κ1) is 17.0. The van der Waals surface area contributed by atoms with E-state index in [4.69, 9.17) is 22.3 Å². The van der Waals surface area contributed by atoms with Crippen molar-refractivity contribution in [2.24, 2.45) is 0 Å². The van der Waals surface area contributed by atoms with E-state index in [0.29, 0.717) is 0 Å². The summed E-state index contributed by atoms with van der Waals surface area (Å²) in [5.41, 5.74) is -0.356. The number of rotatable bonds is 3. The maximum atomic E-state index is 12.0. The van der Waals surface area contributed by atoms with Gasteiger partial charge >= 0.3 is 12.1 Å². The summed E-state index contributed by atoms with van der Waals surface area (Å²) in [5.74, 6) is -2.44. The van der Waals surface area contributed by atoms with Gasteiger partial charge in [0.25, 0.3) is 9.05 Å². The number of carbonyl (C=O) groups is 1. The molecule has 0 aliphatic heterocycles. The summed E-state index contributed by atoms with van der Waals surface area (Å²) in [6.45, 7) is 1.06. The van der Waals surface area contributed by atoms with Crippen LogP contribution in [0, 0.1) is 0 Å². The van der Waals surface area contributed by atoms with Crippen LogP contribution < -0.4 is 0 Å². The summed E-state index contributed by atoms with van der Waals surface area (Å²) < 4.78 is 62.4. The van der Waals surface area contributed by atoms with E-state index in [0.717, 1.165) is 19.1 Å². The molecule has 0 amide bonds. The highest BCUT2D eigenvalue weighted by Crippen LogP contribution is 2.28. The maximum Gasteiger partial charge on any atom is 0.490 e. The summed E-state index contributed by atoms with van der Waals surface area (Å²) >= 11 is 5.67. The van der Waals surface area contributed by atoms with Crippen molar-refractivity contribution >= 4 is 37.3 Å². The van der Waals surface area contributed by atoms with Crippen LogP contribution in [-0.2, 0) is 18.6 Å². The van der Waals surface area contributed by atoms with Gasteiger partial charge in [0.1, 0.15) is 11.8 Å². The Labute approximate surface area is 121 Å². The molecule has 112 valence electrons. The zero-order valence-electron chi connectivity index (χ0n) is 9.61. The van der Waals surface area contributed by atoms with E-state index >= 15 is 0 Å². The Kier molecular flexibility index (Phi) is 4.88. The molecule has 1 heterocycles. The van der Waals surface area contributed by atoms with Crippen LogP contribution in [0.5, 0.6) is 0 Å². The molecule has 0 aromatic carbocycles. The summed E-state index contributed by atoms with van der Waals surface area (Å²) in [4.78, 5) is 14.2. The molecule has 0 aliphatic carbocycles. The topological polar surface area (TPSA) is 73.3 Å². The lowest BCUT2D eigenvalue weighted by Gasteiger charge is -2.15. The molecular weight excluding hydrogens is 346 g/mol. The molecule has 0 fully saturated rings. The van der Waals surface area contributed by atoms with Gasteiger partial charge in [-0.15, -0.1) is 0 Å². The molecular formula is C9H6Cl2F3NO4S. The molecule has 0 aliphatic rings. The minimum atomic E-state index is -5.18. The largest absolute Gasteiger partial charge is 0.490 e. The van der Waals surface area contributed by atoms with Crippen molar-refractivity contribution in [2.45, 2.75) is 24.2 Å². The van der Waals surface area contributed by atoms with E-state index in [-0.39, 0.29) is 10.7 Å². The Morgan fingerprint density at radius 3 is 2.40 bits per heavy atom. The van der Waals surface area contributed by atoms with Crippen molar-refractivity contribution in [3.05, 3.63) is 22.8 Å². The first-order valence-electron chi connectivity index (χ1n) is 4.82. The van der Waals surface area contributed by atoms with Crippen LogP contribution in [0.15, 0.2) is 17.2 Å². The maximum absolute atomic E-state index is 12.0. The second-order valence-corrected chi connectivity index (χ2v) is 6.42. The minimum Gasteiger partial charge on any atom is -0.449 e. The molecule has 1 aromatic heterocycles. The number of aromatic nitrogens is 1. The lowest BCUT2D eigenvalue weighted by atomic mass is 10.2. The van der Waals surface area contributed by atoms with Gasteiger partial charge < -0.3 is 4.74 Å². The van der Waals surface area contributed by atoms with Crippen LogP contribution in [-0.4, -0.2) is 25.5 Å². The molecule has 1 aromatic rings. The van der Waals surface area contributed by atoms with Crippen molar-refractivity contribution in [1.29, 1.82) is 0 Å². The number of halogens is 5. The molecule has 11 heteroatoms. The molecule has 1 atom stereocenters. The average molecular weight is 352 g/mol. The van der Waals surface area contributed by atoms with E-state index in [9.17, 15) is 26.4 Å². The third-order valence-electron chi connectivity index (χ3n) is 2.00. The van der Waals surface area contributed by atoms with Gasteiger partial charge in [0, 0.05) is 10.7 Å². The highest BCUT2D eigenvalue weighted by atomic mass is 35.7. The number of esters is 1. The standard InChI is InChI=1S/C9H6Cl2F3NO4S/c1-4(19-8(16)9(12,13)14)7-5(10)2-3-6(15-7)20(11,17)18/h2-4H,1H3. The van der Waals surface area contributed by atoms with Gasteiger partial charge in [-0.1, -0.05) is 11.6 Å². The molecule has 0 radical (unpaired) electrons. The van der Waals surface area contributed by atoms with Crippen LogP contribution in [0.25, 0.3) is 0 Å². The quantitative estimate of drug-likeness (QED) is 0.618. The SMILES string of the molecule is CC(OC(=O)C(F)(F)F)c1nc(S(=O)(=O)Cl)ccc1Cl. The van der Waals surface area contributed by atoms with Crippen LogP contribution in [0.4, 0.5) is 13.2 Å². The van der Waals surface area contributed by atoms with Gasteiger partial charge in [-0.3, -0.25) is 0 Å². The molecule has 5 nitrogen and oxygen atoms in total. The summed E-state index contributed by atoms with van der Waals surface area (Å²) in [7, 11) is 0.852. The normalized spacial score (nSPS) is 13.9. The Morgan fingerprint density at radius 2 is 1.95 bits per heavy atom. The number of ether oxygens (including phenoxy) is 1. The van der Waals surface area contributed by atoms with Gasteiger partial charge in [0.05, 0.1) is 5.02 Å². The Bertz CT molecular complexity index is 633. The van der Waals surface area contributed by atoms with Crippen molar-refractivity contribution in [1.82, 2.24) is 4.98 Å². The smallest absolute Gasteiger partial charge is 0.449 e. The number of hydrogen-bond acceptors (Lipinski definition) is 5. The van der Waals surface area contributed by atoms with Crippen molar-refractivity contribution < 1.29 is 31.1 Å². The zero-order chi connectivity index (χ0) is 15.7. The third kappa shape index (κ3) is 4.22. The predicted octanol–water partition coefficient (Wildman–Crippen LogP) is 2.83. The summed E-state index contributed by atoms with van der Waals surface area (Å²) in [6.07, 6.45) is -6.69. The summed E-state index contributed by atoms with van der Waals surface area (Å²) in [5, 5.41) is -0.787. The molecule has 0 saturated heterocycles. The van der Waals surface area contributed by atoms with Gasteiger partial charge in [0.2, 0.25) is 0 Å². The lowest BCUT2D eigenvalue weighted by Crippen LogP contribution is -2.26. The lowest BCUT2D eigenvalue weighted by molar-refractivity contribution is -0.204. The van der Waals surface area contributed by atoms with Crippen LogP contribution in [0.2, 0.25) is 5.02 Å². The fourth-order valence-corrected chi connectivity index (χ4v) is 2.10. The van der Waals surface area contributed by atoms with Gasteiger partial charge in [-0.05, 0) is 19.1 Å². The number of pyridine rings is 1. The first-order valence-corrected chi connectivity index (χ1v) is 7.50. The monoisotopic (exact) mass is 351 g/mol. The minimum absolute atomic E-state index is 0.170. The Hall–Kier alpha value is -1.06. The fourth-order valence-electron chi connectivity index (χ4n) is 1.14. The third-order valence-corrected chi connectivity index (χ3v) is 3.52. The van der Waals surface area contributed by atoms with Crippen LogP contribution >= 0.6 is 22.3 Å². The van der Waals surface area contributed by atoms with Gasteiger partial charge in [-0.2, -0.15) is 13.2 Å². The molecule has 0 spiro atoms. The van der Waals surface area contributed by atoms with Crippen molar-refractivity contribution in [3.63, 3.8) is 0 Å². The second-order valence-electron chi connectivity index (χ2n) is 3.50. The van der Waals surface area contributed by atoms with Gasteiger partial charge in [0.15, 0.2) is 5.03 Å². The average Bonchev–Trinajstić information content (AvgIpc) is 2.26. The first-order chi connectivity index (χ1) is 8.93. The highest BCUT2D eigenvalue weighted by molar-refractivity contribution is 8.13. The molecule has 0 saturated carbocycles. The number of nitrogens with zero attached hydrogens (tertiary/aromatic N) is 1. The molecule has 1 rings (SSSR count). The molecule has 1 unspecified atom stereocenters. The van der Waals surface area contributed by atoms with Gasteiger partial charge in [-0.25, -0.2) is 18.2 Å². The fraction of sp³-hybridized carbons (Fsp3) is 0.333. The zero-order valence-corrected chi connectivity index (χ0v) is 11.9. The van der Waals surface area contributed by atoms with Crippen LogP contribution in [0.3, 0.4) is 0 Å². The Morgan fingerprint density at radius 1 is 1.40 bits per heavy atom. The van der Waals surface area contributed by atoms with E-state index in [1.54, 1.807) is 0 Å². The van der Waals surface area contributed by atoms with E-state index in [1.165, 1.54) is 0 Å². The summed E-state index contributed by atoms with van der Waals surface area (Å²) in [6, 6.07) is 2.03. The second kappa shape index (κ2) is 5.74. The molecule has 0 bridgehead atoms.